The van der Waals surface area contributed by atoms with Gasteiger partial charge in [0, 0.05) is 12.4 Å². The van der Waals surface area contributed by atoms with Crippen LogP contribution < -0.4 is 0 Å². The maximum atomic E-state index is 12.6. The van der Waals surface area contributed by atoms with Crippen LogP contribution in [0.15, 0.2) is 47.9 Å². The predicted molar refractivity (Wildman–Crippen MR) is 76.0 cm³/mol. The summed E-state index contributed by atoms with van der Waals surface area (Å²) in [6.45, 7) is 3.92. The molecule has 0 radical (unpaired) electrons. The van der Waals surface area contributed by atoms with Crippen molar-refractivity contribution in [3.8, 4) is 0 Å². The molecular formula is C14H13N3O2S. The number of aromatic nitrogens is 3. The number of hydrogen-bond acceptors (Lipinski definition) is 4. The molecule has 0 saturated heterocycles. The zero-order valence-electron chi connectivity index (χ0n) is 11.1. The highest BCUT2D eigenvalue weighted by Gasteiger charge is 2.20. The zero-order chi connectivity index (χ0) is 14.3. The molecule has 0 N–H and O–H groups in total. The van der Waals surface area contributed by atoms with Crippen LogP contribution in [0.2, 0.25) is 0 Å². The number of nitrogens with zero attached hydrogens (tertiary/aromatic N) is 3. The molecular weight excluding hydrogens is 274 g/mol. The maximum Gasteiger partial charge on any atom is 0.271 e. The highest BCUT2D eigenvalue weighted by Crippen LogP contribution is 2.22. The van der Waals surface area contributed by atoms with Crippen LogP contribution in [0.3, 0.4) is 0 Å². The lowest BCUT2D eigenvalue weighted by atomic mass is 10.1. The molecule has 102 valence electrons. The lowest BCUT2D eigenvalue weighted by molar-refractivity contribution is 0.588. The van der Waals surface area contributed by atoms with E-state index in [1.807, 2.05) is 26.0 Å². The van der Waals surface area contributed by atoms with Gasteiger partial charge >= 0.3 is 0 Å². The smallest absolute Gasteiger partial charge is 0.263 e. The van der Waals surface area contributed by atoms with Gasteiger partial charge in [0.15, 0.2) is 0 Å². The molecule has 0 aliphatic carbocycles. The maximum absolute atomic E-state index is 12.6. The lowest BCUT2D eigenvalue weighted by Crippen LogP contribution is -2.12. The Morgan fingerprint density at radius 3 is 2.60 bits per heavy atom. The van der Waals surface area contributed by atoms with E-state index in [1.54, 1.807) is 12.3 Å². The average Bonchev–Trinajstić information content (AvgIpc) is 2.84. The Bertz CT molecular complexity index is 883. The van der Waals surface area contributed by atoms with Crippen LogP contribution >= 0.6 is 0 Å². The van der Waals surface area contributed by atoms with Crippen LogP contribution in [0, 0.1) is 13.8 Å². The number of aryl methyl sites for hydroxylation is 2. The van der Waals surface area contributed by atoms with Crippen LogP contribution in [0.4, 0.5) is 0 Å². The van der Waals surface area contributed by atoms with Gasteiger partial charge in [-0.1, -0.05) is 0 Å². The van der Waals surface area contributed by atoms with Gasteiger partial charge in [0.05, 0.1) is 11.0 Å². The van der Waals surface area contributed by atoms with Gasteiger partial charge < -0.3 is 0 Å². The molecule has 0 fully saturated rings. The second-order valence-corrected chi connectivity index (χ2v) is 6.47. The Balaban J connectivity index is 2.28. The molecule has 0 unspecified atom stereocenters. The highest BCUT2D eigenvalue weighted by molar-refractivity contribution is 7.90. The molecule has 0 atom stereocenters. The van der Waals surface area contributed by atoms with Crippen molar-refractivity contribution in [2.24, 2.45) is 0 Å². The largest absolute Gasteiger partial charge is 0.271 e. The van der Waals surface area contributed by atoms with Gasteiger partial charge in [0.25, 0.3) is 10.0 Å². The molecule has 2 heterocycles. The fourth-order valence-electron chi connectivity index (χ4n) is 2.05. The van der Waals surface area contributed by atoms with E-state index in [0.29, 0.717) is 11.0 Å². The molecule has 0 aliphatic heterocycles. The Hall–Kier alpha value is -2.21. The molecule has 6 heteroatoms. The first-order valence-electron chi connectivity index (χ1n) is 6.10. The molecule has 3 rings (SSSR count). The van der Waals surface area contributed by atoms with Gasteiger partial charge in [0.1, 0.15) is 11.2 Å². The van der Waals surface area contributed by atoms with Crippen LogP contribution in [0.1, 0.15) is 11.1 Å². The average molecular weight is 287 g/mol. The number of imidazole rings is 1. The van der Waals surface area contributed by atoms with Crippen molar-refractivity contribution in [3.63, 3.8) is 0 Å². The van der Waals surface area contributed by atoms with Crippen LogP contribution in [0.25, 0.3) is 11.0 Å². The first-order valence-corrected chi connectivity index (χ1v) is 7.54. The minimum absolute atomic E-state index is 0.150. The van der Waals surface area contributed by atoms with E-state index in [9.17, 15) is 8.42 Å². The molecule has 1 aromatic carbocycles. The second-order valence-electron chi connectivity index (χ2n) is 4.66. The fourth-order valence-corrected chi connectivity index (χ4v) is 3.30. The van der Waals surface area contributed by atoms with Crippen molar-refractivity contribution in [3.05, 3.63) is 54.1 Å². The van der Waals surface area contributed by atoms with Crippen molar-refractivity contribution in [2.45, 2.75) is 18.7 Å². The van der Waals surface area contributed by atoms with Crippen molar-refractivity contribution in [2.75, 3.05) is 0 Å². The molecule has 0 bridgehead atoms. The minimum Gasteiger partial charge on any atom is -0.263 e. The van der Waals surface area contributed by atoms with Crippen molar-refractivity contribution in [1.82, 2.24) is 13.9 Å². The first kappa shape index (κ1) is 12.8. The molecule has 5 nitrogen and oxygen atoms in total. The van der Waals surface area contributed by atoms with E-state index in [-0.39, 0.29) is 4.90 Å². The van der Waals surface area contributed by atoms with E-state index in [4.69, 9.17) is 0 Å². The van der Waals surface area contributed by atoms with Crippen LogP contribution in [0.5, 0.6) is 0 Å². The fraction of sp³-hybridized carbons (Fsp3) is 0.143. The molecule has 2 aromatic heterocycles. The second kappa shape index (κ2) is 4.42. The van der Waals surface area contributed by atoms with Crippen molar-refractivity contribution in [1.29, 1.82) is 0 Å². The summed E-state index contributed by atoms with van der Waals surface area (Å²) in [7, 11) is -3.66. The van der Waals surface area contributed by atoms with Gasteiger partial charge in [0.2, 0.25) is 0 Å². The van der Waals surface area contributed by atoms with E-state index < -0.39 is 10.0 Å². The number of hydrogen-bond donors (Lipinski definition) is 0. The van der Waals surface area contributed by atoms with E-state index in [2.05, 4.69) is 9.97 Å². The Labute approximate surface area is 117 Å². The quantitative estimate of drug-likeness (QED) is 0.725. The van der Waals surface area contributed by atoms with Gasteiger partial charge in [-0.3, -0.25) is 4.98 Å². The third-order valence-electron chi connectivity index (χ3n) is 3.32. The monoisotopic (exact) mass is 287 g/mol. The Morgan fingerprint density at radius 2 is 1.90 bits per heavy atom. The Morgan fingerprint density at radius 1 is 1.15 bits per heavy atom. The van der Waals surface area contributed by atoms with E-state index >= 15 is 0 Å². The third kappa shape index (κ3) is 1.89. The first-order chi connectivity index (χ1) is 9.50. The topological polar surface area (TPSA) is 64.8 Å². The Kier molecular flexibility index (Phi) is 2.83. The lowest BCUT2D eigenvalue weighted by Gasteiger charge is -2.07. The minimum atomic E-state index is -3.66. The molecule has 0 aliphatic rings. The number of fused-ring (bicyclic) bond motifs is 1. The number of benzene rings is 1. The van der Waals surface area contributed by atoms with Crippen LogP contribution in [-0.4, -0.2) is 22.4 Å². The van der Waals surface area contributed by atoms with Gasteiger partial charge in [-0.15, -0.1) is 0 Å². The van der Waals surface area contributed by atoms with Crippen molar-refractivity contribution < 1.29 is 8.42 Å². The molecule has 3 aromatic rings. The van der Waals surface area contributed by atoms with E-state index in [0.717, 1.165) is 11.1 Å². The zero-order valence-corrected chi connectivity index (χ0v) is 11.9. The summed E-state index contributed by atoms with van der Waals surface area (Å²) in [5.41, 5.74) is 3.36. The summed E-state index contributed by atoms with van der Waals surface area (Å²) in [6.07, 6.45) is 4.21. The molecule has 0 saturated carbocycles. The SMILES string of the molecule is Cc1cc2ncn(S(=O)(=O)c3cccnc3)c2cc1C. The molecule has 0 spiro atoms. The summed E-state index contributed by atoms with van der Waals surface area (Å²) in [4.78, 5) is 8.19. The summed E-state index contributed by atoms with van der Waals surface area (Å²) in [5, 5.41) is 0. The molecule has 0 amide bonds. The predicted octanol–water partition coefficient (Wildman–Crippen LogP) is 2.29. The summed E-state index contributed by atoms with van der Waals surface area (Å²) >= 11 is 0. The van der Waals surface area contributed by atoms with Gasteiger partial charge in [-0.05, 0) is 49.2 Å². The summed E-state index contributed by atoms with van der Waals surface area (Å²) < 4.78 is 26.4. The van der Waals surface area contributed by atoms with Gasteiger partial charge in [-0.2, -0.15) is 0 Å². The van der Waals surface area contributed by atoms with Crippen molar-refractivity contribution >= 4 is 21.1 Å². The molecule has 20 heavy (non-hydrogen) atoms. The highest BCUT2D eigenvalue weighted by atomic mass is 32.2. The standard InChI is InChI=1S/C14H13N3O2S/c1-10-6-13-14(7-11(10)2)17(9-16-13)20(18,19)12-4-3-5-15-8-12/h3-9H,1-2H3. The van der Waals surface area contributed by atoms with Crippen LogP contribution in [-0.2, 0) is 10.0 Å². The van der Waals surface area contributed by atoms with Gasteiger partial charge in [-0.25, -0.2) is 17.4 Å². The van der Waals surface area contributed by atoms with E-state index in [1.165, 1.54) is 22.6 Å². The normalized spacial score (nSPS) is 11.9. The summed E-state index contributed by atoms with van der Waals surface area (Å²) in [5.74, 6) is 0. The third-order valence-corrected chi connectivity index (χ3v) is 4.97. The summed E-state index contributed by atoms with van der Waals surface area (Å²) in [6, 6.07) is 6.85. The number of rotatable bonds is 2. The number of pyridine rings is 1.